The van der Waals surface area contributed by atoms with E-state index in [2.05, 4.69) is 10.6 Å². The number of carbonyl (C=O) groups excluding carboxylic acids is 2. The molecule has 1 saturated heterocycles. The zero-order chi connectivity index (χ0) is 9.97. The van der Waals surface area contributed by atoms with E-state index in [0.29, 0.717) is 6.42 Å². The number of imide groups is 1. The van der Waals surface area contributed by atoms with Crippen molar-refractivity contribution in [3.63, 3.8) is 0 Å². The Hall–Kier alpha value is -1.84. The summed E-state index contributed by atoms with van der Waals surface area (Å²) < 4.78 is 0. The summed E-state index contributed by atoms with van der Waals surface area (Å²) in [5.41, 5.74) is 1.04. The van der Waals surface area contributed by atoms with Crippen LogP contribution in [-0.2, 0) is 11.2 Å². The highest BCUT2D eigenvalue weighted by Crippen LogP contribution is 2.05. The number of benzene rings is 1. The number of carbonyl (C=O) groups is 2. The van der Waals surface area contributed by atoms with E-state index in [-0.39, 0.29) is 5.91 Å². The Bertz CT molecular complexity index is 362. The summed E-state index contributed by atoms with van der Waals surface area (Å²) >= 11 is 0. The van der Waals surface area contributed by atoms with Crippen molar-refractivity contribution in [3.05, 3.63) is 35.9 Å². The molecule has 2 N–H and O–H groups in total. The molecule has 0 aliphatic carbocycles. The summed E-state index contributed by atoms with van der Waals surface area (Å²) in [5, 5.41) is 4.75. The van der Waals surface area contributed by atoms with Gasteiger partial charge in [-0.2, -0.15) is 0 Å². The van der Waals surface area contributed by atoms with Gasteiger partial charge >= 0.3 is 6.03 Å². The van der Waals surface area contributed by atoms with E-state index in [9.17, 15) is 9.59 Å². The van der Waals surface area contributed by atoms with Gasteiger partial charge in [0, 0.05) is 6.42 Å². The SMILES string of the molecule is O=C1N[14C](=O)N[C@H]1Cc1ccccc1. The van der Waals surface area contributed by atoms with E-state index < -0.39 is 12.1 Å². The number of rotatable bonds is 2. The van der Waals surface area contributed by atoms with E-state index in [1.165, 1.54) is 0 Å². The molecule has 0 bridgehead atoms. The first kappa shape index (κ1) is 8.74. The lowest BCUT2D eigenvalue weighted by molar-refractivity contribution is -0.120. The number of urea groups is 1. The topological polar surface area (TPSA) is 58.2 Å². The molecule has 1 aliphatic heterocycles. The monoisotopic (exact) mass is 192 g/mol. The van der Waals surface area contributed by atoms with Gasteiger partial charge in [0.15, 0.2) is 0 Å². The molecule has 0 spiro atoms. The van der Waals surface area contributed by atoms with Gasteiger partial charge in [-0.1, -0.05) is 30.3 Å². The van der Waals surface area contributed by atoms with Gasteiger partial charge in [-0.25, -0.2) is 4.79 Å². The molecule has 14 heavy (non-hydrogen) atoms. The van der Waals surface area contributed by atoms with Gasteiger partial charge in [-0.05, 0) is 5.56 Å². The molecular formula is C10H10N2O2. The molecule has 2 rings (SSSR count). The van der Waals surface area contributed by atoms with E-state index in [1.807, 2.05) is 30.3 Å². The molecule has 1 fully saturated rings. The summed E-state index contributed by atoms with van der Waals surface area (Å²) in [5.74, 6) is -0.251. The van der Waals surface area contributed by atoms with Gasteiger partial charge < -0.3 is 5.32 Å². The Balaban J connectivity index is 2.05. The van der Waals surface area contributed by atoms with Gasteiger partial charge in [0.2, 0.25) is 0 Å². The fraction of sp³-hybridized carbons (Fsp3) is 0.200. The molecule has 1 atom stereocenters. The number of nitrogens with one attached hydrogen (secondary N) is 2. The third-order valence-electron chi connectivity index (χ3n) is 2.14. The van der Waals surface area contributed by atoms with Crippen molar-refractivity contribution < 1.29 is 9.59 Å². The van der Waals surface area contributed by atoms with Crippen molar-refractivity contribution >= 4 is 11.9 Å². The van der Waals surface area contributed by atoms with Crippen LogP contribution in [-0.4, -0.2) is 18.0 Å². The fourth-order valence-corrected chi connectivity index (χ4v) is 1.45. The maximum atomic E-state index is 11.2. The Morgan fingerprint density at radius 2 is 2.00 bits per heavy atom. The van der Waals surface area contributed by atoms with E-state index >= 15 is 0 Å². The second-order valence-electron chi connectivity index (χ2n) is 3.21. The van der Waals surface area contributed by atoms with Crippen LogP contribution in [0.1, 0.15) is 5.56 Å². The quantitative estimate of drug-likeness (QED) is 0.668. The van der Waals surface area contributed by atoms with Gasteiger partial charge in [-0.15, -0.1) is 0 Å². The Kier molecular flexibility index (Phi) is 2.18. The first-order valence-electron chi connectivity index (χ1n) is 4.41. The van der Waals surface area contributed by atoms with Crippen molar-refractivity contribution in [2.24, 2.45) is 0 Å². The minimum absolute atomic E-state index is 0.251. The molecule has 4 heteroatoms. The molecule has 0 radical (unpaired) electrons. The molecule has 0 aromatic heterocycles. The van der Waals surface area contributed by atoms with Crippen LogP contribution < -0.4 is 10.6 Å². The molecule has 1 heterocycles. The van der Waals surface area contributed by atoms with Crippen LogP contribution in [0.5, 0.6) is 0 Å². The number of amides is 3. The molecule has 0 saturated carbocycles. The summed E-state index contributed by atoms with van der Waals surface area (Å²) in [4.78, 5) is 22.0. The Morgan fingerprint density at radius 1 is 1.29 bits per heavy atom. The number of hydrogen-bond donors (Lipinski definition) is 2. The molecule has 3 amide bonds. The normalized spacial score (nSPS) is 20.4. The van der Waals surface area contributed by atoms with Crippen LogP contribution in [0, 0.1) is 0 Å². The molecule has 1 aliphatic rings. The summed E-state index contributed by atoms with van der Waals surface area (Å²) in [6.45, 7) is 0. The van der Waals surface area contributed by atoms with Crippen LogP contribution in [0.25, 0.3) is 0 Å². The average molecular weight is 192 g/mol. The molecule has 4 nitrogen and oxygen atoms in total. The predicted molar refractivity (Wildman–Crippen MR) is 50.6 cm³/mol. The highest BCUT2D eigenvalue weighted by Gasteiger charge is 2.28. The van der Waals surface area contributed by atoms with Crippen molar-refractivity contribution in [1.29, 1.82) is 0 Å². The third-order valence-corrected chi connectivity index (χ3v) is 2.14. The highest BCUT2D eigenvalue weighted by molar-refractivity contribution is 6.04. The lowest BCUT2D eigenvalue weighted by atomic mass is 10.1. The number of hydrogen-bond acceptors (Lipinski definition) is 2. The second-order valence-corrected chi connectivity index (χ2v) is 3.21. The van der Waals surface area contributed by atoms with Gasteiger partial charge in [0.05, 0.1) is 0 Å². The van der Waals surface area contributed by atoms with Crippen LogP contribution in [0.4, 0.5) is 4.79 Å². The fourth-order valence-electron chi connectivity index (χ4n) is 1.45. The lowest BCUT2D eigenvalue weighted by Crippen LogP contribution is -2.30. The summed E-state index contributed by atoms with van der Waals surface area (Å²) in [7, 11) is 0. The Labute approximate surface area is 81.3 Å². The van der Waals surface area contributed by atoms with Crippen LogP contribution >= 0.6 is 0 Å². The summed E-state index contributed by atoms with van der Waals surface area (Å²) in [6.07, 6.45) is 0.540. The molecular weight excluding hydrogens is 182 g/mol. The maximum absolute atomic E-state index is 11.2. The van der Waals surface area contributed by atoms with Crippen LogP contribution in [0.2, 0.25) is 0 Å². The largest absolute Gasteiger partial charge is 0.326 e. The van der Waals surface area contributed by atoms with Crippen molar-refractivity contribution in [3.8, 4) is 0 Å². The molecule has 0 unspecified atom stereocenters. The standard InChI is InChI=1S/C10H10N2O2/c13-9-8(11-10(14)12-9)6-7-4-2-1-3-5-7/h1-5,8H,6H2,(H2,11,12,13,14)/t8-/m0/s1/i10+2. The highest BCUT2D eigenvalue weighted by atomic mass is 16.4. The molecule has 1 aromatic rings. The predicted octanol–water partition coefficient (Wildman–Crippen LogP) is 0.437. The van der Waals surface area contributed by atoms with Crippen molar-refractivity contribution in [1.82, 2.24) is 10.6 Å². The van der Waals surface area contributed by atoms with Crippen molar-refractivity contribution in [2.75, 3.05) is 0 Å². The molecule has 1 aromatic carbocycles. The first-order valence-corrected chi connectivity index (χ1v) is 4.41. The van der Waals surface area contributed by atoms with Gasteiger partial charge in [-0.3, -0.25) is 10.1 Å². The van der Waals surface area contributed by atoms with E-state index in [0.717, 1.165) is 5.56 Å². The third kappa shape index (κ3) is 1.74. The average Bonchev–Trinajstić information content (AvgIpc) is 2.47. The van der Waals surface area contributed by atoms with Crippen LogP contribution in [0.15, 0.2) is 30.3 Å². The van der Waals surface area contributed by atoms with Crippen molar-refractivity contribution in [2.45, 2.75) is 12.5 Å². The summed E-state index contributed by atoms with van der Waals surface area (Å²) in [6, 6.07) is 8.75. The zero-order valence-corrected chi connectivity index (χ0v) is 7.49. The molecule has 72 valence electrons. The van der Waals surface area contributed by atoms with Gasteiger partial charge in [0.25, 0.3) is 5.91 Å². The maximum Gasteiger partial charge on any atom is 0.322 e. The second kappa shape index (κ2) is 3.49. The van der Waals surface area contributed by atoms with E-state index in [1.54, 1.807) is 0 Å². The minimum Gasteiger partial charge on any atom is -0.326 e. The van der Waals surface area contributed by atoms with Gasteiger partial charge in [0.1, 0.15) is 6.04 Å². The van der Waals surface area contributed by atoms with E-state index in [4.69, 9.17) is 0 Å². The Morgan fingerprint density at radius 3 is 2.57 bits per heavy atom. The minimum atomic E-state index is -0.426. The lowest BCUT2D eigenvalue weighted by Gasteiger charge is -2.06. The first-order chi connectivity index (χ1) is 6.75. The smallest absolute Gasteiger partial charge is 0.322 e. The zero-order valence-electron chi connectivity index (χ0n) is 7.49. The van der Waals surface area contributed by atoms with Crippen LogP contribution in [0.3, 0.4) is 0 Å².